The molecule has 1 atom stereocenters. The fraction of sp³-hybridized carbons (Fsp3) is 0.333. The second kappa shape index (κ2) is 7.32. The van der Waals surface area contributed by atoms with Crippen LogP contribution in [0.15, 0.2) is 24.4 Å². The Morgan fingerprint density at radius 2 is 2.26 bits per heavy atom. The van der Waals surface area contributed by atoms with Gasteiger partial charge in [-0.1, -0.05) is 17.7 Å². The maximum absolute atomic E-state index is 13.1. The molecule has 2 N–H and O–H groups in total. The van der Waals surface area contributed by atoms with Gasteiger partial charge < -0.3 is 15.4 Å². The lowest BCUT2D eigenvalue weighted by Crippen LogP contribution is -2.36. The minimum Gasteiger partial charge on any atom is -0.480 e. The first-order chi connectivity index (χ1) is 10.9. The van der Waals surface area contributed by atoms with Crippen LogP contribution < -0.4 is 15.4 Å². The summed E-state index contributed by atoms with van der Waals surface area (Å²) < 4.78 is 19.8. The van der Waals surface area contributed by atoms with E-state index < -0.39 is 5.82 Å². The van der Waals surface area contributed by atoms with Gasteiger partial charge in [0.1, 0.15) is 5.82 Å². The van der Waals surface area contributed by atoms with Gasteiger partial charge >= 0.3 is 6.03 Å². The molecule has 0 unspecified atom stereocenters. The van der Waals surface area contributed by atoms with Crippen molar-refractivity contribution in [2.45, 2.75) is 19.5 Å². The molecule has 8 heteroatoms. The third-order valence-electron chi connectivity index (χ3n) is 3.28. The average molecular weight is 341 g/mol. The minimum atomic E-state index is -0.418. The average Bonchev–Trinajstić information content (AvgIpc) is 2.85. The Hall–Kier alpha value is -2.28. The molecule has 0 saturated heterocycles. The summed E-state index contributed by atoms with van der Waals surface area (Å²) in [6.45, 7) is 2.04. The molecular weight excluding hydrogens is 323 g/mol. The van der Waals surface area contributed by atoms with Crippen molar-refractivity contribution in [3.63, 3.8) is 0 Å². The molecule has 6 nitrogen and oxygen atoms in total. The van der Waals surface area contributed by atoms with E-state index in [0.29, 0.717) is 11.4 Å². The van der Waals surface area contributed by atoms with E-state index in [0.717, 1.165) is 5.56 Å². The van der Waals surface area contributed by atoms with Crippen LogP contribution in [0.3, 0.4) is 0 Å². The maximum Gasteiger partial charge on any atom is 0.315 e. The largest absolute Gasteiger partial charge is 0.480 e. The molecule has 124 valence electrons. The number of carbonyl (C=O) groups excluding carboxylic acids is 1. The number of hydrogen-bond acceptors (Lipinski definition) is 3. The van der Waals surface area contributed by atoms with E-state index in [4.69, 9.17) is 16.3 Å². The number of aromatic nitrogens is 2. The summed E-state index contributed by atoms with van der Waals surface area (Å²) in [6.07, 6.45) is 1.76. The number of rotatable bonds is 5. The quantitative estimate of drug-likeness (QED) is 0.879. The minimum absolute atomic E-state index is 0.270. The summed E-state index contributed by atoms with van der Waals surface area (Å²) in [7, 11) is 3.29. The summed E-state index contributed by atoms with van der Waals surface area (Å²) in [4.78, 5) is 12.0. The lowest BCUT2D eigenvalue weighted by Gasteiger charge is -2.16. The number of methoxy groups -OCH3 is 1. The fourth-order valence-electron chi connectivity index (χ4n) is 2.16. The molecule has 2 aromatic rings. The number of hydrogen-bond donors (Lipinski definition) is 2. The number of aryl methyl sites for hydroxylation is 1. The summed E-state index contributed by atoms with van der Waals surface area (Å²) in [5.41, 5.74) is 1.40. The molecule has 1 aromatic carbocycles. The van der Waals surface area contributed by atoms with Gasteiger partial charge in [0.2, 0.25) is 5.88 Å². The van der Waals surface area contributed by atoms with E-state index in [1.807, 2.05) is 0 Å². The third kappa shape index (κ3) is 4.35. The number of nitrogens with one attached hydrogen (secondary N) is 2. The van der Waals surface area contributed by atoms with Gasteiger partial charge in [-0.25, -0.2) is 9.18 Å². The Bertz CT molecular complexity index is 705. The molecule has 1 heterocycles. The van der Waals surface area contributed by atoms with Crippen molar-refractivity contribution in [3.8, 4) is 5.88 Å². The van der Waals surface area contributed by atoms with E-state index in [1.165, 1.54) is 19.2 Å². The lowest BCUT2D eigenvalue weighted by molar-refractivity contribution is 0.237. The van der Waals surface area contributed by atoms with Crippen LogP contribution in [0.5, 0.6) is 5.88 Å². The van der Waals surface area contributed by atoms with Gasteiger partial charge in [0, 0.05) is 18.3 Å². The first-order valence-electron chi connectivity index (χ1n) is 6.96. The Labute approximate surface area is 138 Å². The van der Waals surface area contributed by atoms with Gasteiger partial charge in [0.25, 0.3) is 0 Å². The van der Waals surface area contributed by atoms with Crippen LogP contribution >= 0.6 is 11.6 Å². The number of nitrogens with zero attached hydrogens (tertiary/aromatic N) is 2. The zero-order valence-corrected chi connectivity index (χ0v) is 13.8. The highest BCUT2D eigenvalue weighted by Gasteiger charge is 2.14. The number of carbonyl (C=O) groups is 1. The van der Waals surface area contributed by atoms with Crippen LogP contribution in [0.4, 0.5) is 9.18 Å². The van der Waals surface area contributed by atoms with Crippen molar-refractivity contribution in [1.29, 1.82) is 0 Å². The highest BCUT2D eigenvalue weighted by Crippen LogP contribution is 2.23. The van der Waals surface area contributed by atoms with Crippen LogP contribution in [0.25, 0.3) is 0 Å². The standard InChI is InChI=1S/C15H18ClFN4O2/c1-9(12-5-4-11(17)6-13(12)16)19-15(22)18-7-10-8-21(2)20-14(10)23-3/h4-6,8-9H,7H2,1-3H3,(H2,18,19,22)/t9-/m1/s1. The van der Waals surface area contributed by atoms with Crippen molar-refractivity contribution >= 4 is 17.6 Å². The van der Waals surface area contributed by atoms with E-state index in [1.54, 1.807) is 30.9 Å². The second-order valence-electron chi connectivity index (χ2n) is 5.05. The SMILES string of the molecule is COc1nn(C)cc1CNC(=O)N[C@H](C)c1ccc(F)cc1Cl. The Morgan fingerprint density at radius 3 is 2.91 bits per heavy atom. The number of ether oxygens (including phenoxy) is 1. The summed E-state index contributed by atoms with van der Waals surface area (Å²) in [5, 5.41) is 9.84. The fourth-order valence-corrected chi connectivity index (χ4v) is 2.49. The first kappa shape index (κ1) is 17.1. The molecule has 0 saturated carbocycles. The normalized spacial score (nSPS) is 11.9. The predicted molar refractivity (Wildman–Crippen MR) is 85.0 cm³/mol. The van der Waals surface area contributed by atoms with E-state index in [2.05, 4.69) is 15.7 Å². The number of urea groups is 1. The van der Waals surface area contributed by atoms with Crippen molar-refractivity contribution in [1.82, 2.24) is 20.4 Å². The highest BCUT2D eigenvalue weighted by atomic mass is 35.5. The number of amides is 2. The molecule has 0 aliphatic carbocycles. The van der Waals surface area contributed by atoms with Crippen molar-refractivity contribution in [2.24, 2.45) is 7.05 Å². The smallest absolute Gasteiger partial charge is 0.315 e. The van der Waals surface area contributed by atoms with Crippen LogP contribution in [-0.4, -0.2) is 22.9 Å². The van der Waals surface area contributed by atoms with Gasteiger partial charge in [-0.15, -0.1) is 5.10 Å². The Morgan fingerprint density at radius 1 is 1.52 bits per heavy atom. The van der Waals surface area contributed by atoms with Crippen LogP contribution in [-0.2, 0) is 13.6 Å². The Balaban J connectivity index is 1.93. The van der Waals surface area contributed by atoms with E-state index in [-0.39, 0.29) is 23.6 Å². The van der Waals surface area contributed by atoms with Gasteiger partial charge in [-0.05, 0) is 24.6 Å². The second-order valence-corrected chi connectivity index (χ2v) is 5.46. The molecule has 2 rings (SSSR count). The molecule has 0 fully saturated rings. The van der Waals surface area contributed by atoms with Crippen molar-refractivity contribution in [3.05, 3.63) is 46.4 Å². The third-order valence-corrected chi connectivity index (χ3v) is 3.60. The van der Waals surface area contributed by atoms with Crippen molar-refractivity contribution in [2.75, 3.05) is 7.11 Å². The molecular formula is C15H18ClFN4O2. The highest BCUT2D eigenvalue weighted by molar-refractivity contribution is 6.31. The summed E-state index contributed by atoms with van der Waals surface area (Å²) >= 11 is 5.98. The number of halogens is 2. The Kier molecular flexibility index (Phi) is 5.44. The summed E-state index contributed by atoms with van der Waals surface area (Å²) in [5.74, 6) is 0.0431. The van der Waals surface area contributed by atoms with E-state index >= 15 is 0 Å². The zero-order chi connectivity index (χ0) is 17.0. The molecule has 2 amide bonds. The molecule has 0 spiro atoms. The zero-order valence-electron chi connectivity index (χ0n) is 13.1. The van der Waals surface area contributed by atoms with Crippen LogP contribution in [0.2, 0.25) is 5.02 Å². The molecule has 0 aliphatic rings. The monoisotopic (exact) mass is 340 g/mol. The summed E-state index contributed by atoms with van der Waals surface area (Å²) in [6, 6.07) is 3.33. The van der Waals surface area contributed by atoms with Gasteiger partial charge in [0.15, 0.2) is 0 Å². The van der Waals surface area contributed by atoms with E-state index in [9.17, 15) is 9.18 Å². The van der Waals surface area contributed by atoms with Crippen molar-refractivity contribution < 1.29 is 13.9 Å². The van der Waals surface area contributed by atoms with Gasteiger partial charge in [0.05, 0.1) is 25.3 Å². The molecule has 0 aliphatic heterocycles. The predicted octanol–water partition coefficient (Wildman–Crippen LogP) is 2.78. The van der Waals surface area contributed by atoms with Crippen LogP contribution in [0.1, 0.15) is 24.1 Å². The maximum atomic E-state index is 13.1. The molecule has 0 radical (unpaired) electrons. The van der Waals surface area contributed by atoms with Gasteiger partial charge in [-0.2, -0.15) is 0 Å². The number of benzene rings is 1. The van der Waals surface area contributed by atoms with Gasteiger partial charge in [-0.3, -0.25) is 4.68 Å². The lowest BCUT2D eigenvalue weighted by atomic mass is 10.1. The first-order valence-corrected chi connectivity index (χ1v) is 7.34. The topological polar surface area (TPSA) is 68.2 Å². The van der Waals surface area contributed by atoms with Crippen LogP contribution in [0, 0.1) is 5.82 Å². The molecule has 0 bridgehead atoms. The molecule has 1 aromatic heterocycles. The molecule has 23 heavy (non-hydrogen) atoms.